The molecular formula is C21H23N5O2S. The van der Waals surface area contributed by atoms with Gasteiger partial charge >= 0.3 is 0 Å². The van der Waals surface area contributed by atoms with Gasteiger partial charge in [-0.25, -0.2) is 4.98 Å². The minimum Gasteiger partial charge on any atom is -0.321 e. The summed E-state index contributed by atoms with van der Waals surface area (Å²) in [5, 5.41) is 12.1. The fraction of sp³-hybridized carbons (Fsp3) is 0.333. The number of benzene rings is 1. The van der Waals surface area contributed by atoms with E-state index in [4.69, 9.17) is 5.26 Å². The summed E-state index contributed by atoms with van der Waals surface area (Å²) in [5.41, 5.74) is 3.24. The minimum absolute atomic E-state index is 0.246. The third-order valence-corrected chi connectivity index (χ3v) is 5.90. The van der Waals surface area contributed by atoms with Gasteiger partial charge in [-0.05, 0) is 45.0 Å². The molecule has 2 N–H and O–H groups in total. The fourth-order valence-electron chi connectivity index (χ4n) is 3.19. The number of nitrogens with zero attached hydrogens (tertiary/aromatic N) is 3. The average Bonchev–Trinajstić information content (AvgIpc) is 2.99. The maximum absolute atomic E-state index is 12.9. The summed E-state index contributed by atoms with van der Waals surface area (Å²) >= 11 is 1.22. The second kappa shape index (κ2) is 8.55. The second-order valence-corrected chi connectivity index (χ2v) is 8.17. The van der Waals surface area contributed by atoms with Crippen molar-refractivity contribution in [1.29, 1.82) is 5.26 Å². The lowest BCUT2D eigenvalue weighted by molar-refractivity contribution is 0.103. The van der Waals surface area contributed by atoms with Gasteiger partial charge in [0.2, 0.25) is 0 Å². The number of hydrogen-bond acceptors (Lipinski definition) is 6. The molecule has 3 aromatic rings. The van der Waals surface area contributed by atoms with Crippen molar-refractivity contribution in [3.8, 4) is 6.07 Å². The van der Waals surface area contributed by atoms with Gasteiger partial charge in [-0.15, -0.1) is 11.3 Å². The van der Waals surface area contributed by atoms with Gasteiger partial charge in [0, 0.05) is 18.7 Å². The largest absolute Gasteiger partial charge is 0.321 e. The van der Waals surface area contributed by atoms with Gasteiger partial charge in [0.05, 0.1) is 22.9 Å². The van der Waals surface area contributed by atoms with Crippen molar-refractivity contribution in [2.24, 2.45) is 0 Å². The predicted octanol–water partition coefficient (Wildman–Crippen LogP) is 3.51. The van der Waals surface area contributed by atoms with E-state index in [9.17, 15) is 9.59 Å². The zero-order chi connectivity index (χ0) is 21.1. The highest BCUT2D eigenvalue weighted by molar-refractivity contribution is 7.20. The van der Waals surface area contributed by atoms with Crippen molar-refractivity contribution in [2.45, 2.75) is 33.7 Å². The van der Waals surface area contributed by atoms with Gasteiger partial charge in [0.25, 0.3) is 11.5 Å². The van der Waals surface area contributed by atoms with Crippen LogP contribution in [0.2, 0.25) is 0 Å². The number of amides is 1. The van der Waals surface area contributed by atoms with Gasteiger partial charge in [0.15, 0.2) is 0 Å². The standard InChI is InChI=1S/C21H23N5O2S/c1-12-6-7-15(13(2)10-12)23-20(28)18-14(3)17-19(27)24-16(25-21(17)29-18)11-26(4)9-5-8-22/h6-7,10H,5,9,11H2,1-4H3,(H,23,28)(H,24,25,27). The van der Waals surface area contributed by atoms with E-state index in [-0.39, 0.29) is 11.5 Å². The van der Waals surface area contributed by atoms with Gasteiger partial charge in [0.1, 0.15) is 10.7 Å². The van der Waals surface area contributed by atoms with Crippen molar-refractivity contribution < 1.29 is 4.79 Å². The number of hydrogen-bond donors (Lipinski definition) is 2. The Bertz CT molecular complexity index is 1170. The van der Waals surface area contributed by atoms with Crippen molar-refractivity contribution in [3.63, 3.8) is 0 Å². The van der Waals surface area contributed by atoms with Crippen LogP contribution in [0.3, 0.4) is 0 Å². The highest BCUT2D eigenvalue weighted by atomic mass is 32.1. The molecule has 0 aliphatic rings. The zero-order valence-electron chi connectivity index (χ0n) is 16.9. The van der Waals surface area contributed by atoms with Gasteiger partial charge < -0.3 is 10.3 Å². The van der Waals surface area contributed by atoms with Crippen LogP contribution in [-0.4, -0.2) is 34.4 Å². The first-order valence-corrected chi connectivity index (χ1v) is 10.1. The van der Waals surface area contributed by atoms with Crippen LogP contribution >= 0.6 is 11.3 Å². The SMILES string of the molecule is Cc1ccc(NC(=O)c2sc3nc(CN(C)CCC#N)[nH]c(=O)c3c2C)c(C)c1. The third kappa shape index (κ3) is 4.53. The number of aromatic amines is 1. The van der Waals surface area contributed by atoms with Gasteiger partial charge in [-0.1, -0.05) is 17.7 Å². The fourth-order valence-corrected chi connectivity index (χ4v) is 4.28. The Morgan fingerprint density at radius 1 is 1.34 bits per heavy atom. The van der Waals surface area contributed by atoms with Crippen LogP contribution < -0.4 is 10.9 Å². The Morgan fingerprint density at radius 2 is 2.10 bits per heavy atom. The number of aromatic nitrogens is 2. The molecule has 2 heterocycles. The average molecular weight is 410 g/mol. The van der Waals surface area contributed by atoms with Crippen LogP contribution in [0.5, 0.6) is 0 Å². The zero-order valence-corrected chi connectivity index (χ0v) is 17.7. The predicted molar refractivity (Wildman–Crippen MR) is 115 cm³/mol. The molecule has 0 saturated heterocycles. The number of carbonyl (C=O) groups excluding carboxylic acids is 1. The van der Waals surface area contributed by atoms with Gasteiger partial charge in [-0.2, -0.15) is 5.26 Å². The first-order valence-electron chi connectivity index (χ1n) is 9.26. The van der Waals surface area contributed by atoms with E-state index in [0.29, 0.717) is 46.0 Å². The number of carbonyl (C=O) groups is 1. The molecule has 2 aromatic heterocycles. The number of aryl methyl sites for hydroxylation is 3. The van der Waals surface area contributed by atoms with Crippen molar-refractivity contribution in [3.05, 3.63) is 55.9 Å². The molecule has 1 aromatic carbocycles. The quantitative estimate of drug-likeness (QED) is 0.649. The van der Waals surface area contributed by atoms with Crippen molar-refractivity contribution in [2.75, 3.05) is 18.9 Å². The summed E-state index contributed by atoms with van der Waals surface area (Å²) in [4.78, 5) is 35.7. The topological polar surface area (TPSA) is 102 Å². The number of rotatable bonds is 6. The second-order valence-electron chi connectivity index (χ2n) is 7.17. The number of fused-ring (bicyclic) bond motifs is 1. The first-order chi connectivity index (χ1) is 13.8. The molecule has 0 saturated carbocycles. The molecule has 0 aliphatic heterocycles. The molecule has 0 bridgehead atoms. The van der Waals surface area contributed by atoms with Crippen LogP contribution in [0.25, 0.3) is 10.2 Å². The Kier molecular flexibility index (Phi) is 6.11. The lowest BCUT2D eigenvalue weighted by atomic mass is 10.1. The molecule has 0 radical (unpaired) electrons. The van der Waals surface area contributed by atoms with Crippen molar-refractivity contribution >= 4 is 33.1 Å². The van der Waals surface area contributed by atoms with E-state index in [0.717, 1.165) is 16.8 Å². The summed E-state index contributed by atoms with van der Waals surface area (Å²) in [7, 11) is 1.87. The molecule has 0 fully saturated rings. The summed E-state index contributed by atoms with van der Waals surface area (Å²) in [5.74, 6) is 0.273. The maximum Gasteiger partial charge on any atom is 0.266 e. The number of thiophene rings is 1. The van der Waals surface area contributed by atoms with E-state index in [1.807, 2.05) is 44.0 Å². The number of nitriles is 1. The molecule has 0 spiro atoms. The summed E-state index contributed by atoms with van der Waals surface area (Å²) in [6.07, 6.45) is 0.407. The molecular weight excluding hydrogens is 386 g/mol. The highest BCUT2D eigenvalue weighted by Crippen LogP contribution is 2.28. The Hall–Kier alpha value is -3.02. The van der Waals surface area contributed by atoms with Gasteiger partial charge in [-0.3, -0.25) is 14.5 Å². The molecule has 29 heavy (non-hydrogen) atoms. The molecule has 0 aliphatic carbocycles. The molecule has 1 amide bonds. The van der Waals surface area contributed by atoms with Crippen LogP contribution in [0, 0.1) is 32.1 Å². The summed E-state index contributed by atoms with van der Waals surface area (Å²) in [6.45, 7) is 6.73. The lowest BCUT2D eigenvalue weighted by Crippen LogP contribution is -2.22. The smallest absolute Gasteiger partial charge is 0.266 e. The molecule has 0 atom stereocenters. The van der Waals surface area contributed by atoms with Crippen LogP contribution in [0.1, 0.15) is 38.6 Å². The highest BCUT2D eigenvalue weighted by Gasteiger charge is 2.20. The summed E-state index contributed by atoms with van der Waals surface area (Å²) in [6, 6.07) is 7.93. The van der Waals surface area contributed by atoms with Crippen LogP contribution in [0.15, 0.2) is 23.0 Å². The van der Waals surface area contributed by atoms with E-state index in [2.05, 4.69) is 21.4 Å². The Labute approximate surface area is 173 Å². The number of H-pyrrole nitrogens is 1. The van der Waals surface area contributed by atoms with Crippen LogP contribution in [-0.2, 0) is 6.54 Å². The molecule has 3 rings (SSSR count). The Morgan fingerprint density at radius 3 is 2.79 bits per heavy atom. The number of nitrogens with one attached hydrogen (secondary N) is 2. The van der Waals surface area contributed by atoms with Crippen LogP contribution in [0.4, 0.5) is 5.69 Å². The molecule has 0 unspecified atom stereocenters. The van der Waals surface area contributed by atoms with Crippen molar-refractivity contribution in [1.82, 2.24) is 14.9 Å². The first kappa shape index (κ1) is 20.7. The van der Waals surface area contributed by atoms with E-state index in [1.54, 1.807) is 6.92 Å². The van der Waals surface area contributed by atoms with E-state index in [1.165, 1.54) is 11.3 Å². The molecule has 150 valence electrons. The Balaban J connectivity index is 1.90. The van der Waals surface area contributed by atoms with E-state index >= 15 is 0 Å². The molecule has 8 heteroatoms. The summed E-state index contributed by atoms with van der Waals surface area (Å²) < 4.78 is 0. The third-order valence-electron chi connectivity index (χ3n) is 4.71. The minimum atomic E-state index is -0.252. The van der Waals surface area contributed by atoms with E-state index < -0.39 is 0 Å². The number of anilines is 1. The normalized spacial score (nSPS) is 11.0. The maximum atomic E-state index is 12.9. The lowest BCUT2D eigenvalue weighted by Gasteiger charge is -2.13. The monoisotopic (exact) mass is 409 g/mol. The molecule has 7 nitrogen and oxygen atoms in total.